The molecule has 6 rings (SSSR count). The largest absolute Gasteiger partial charge is 0.496 e. The average Bonchev–Trinajstić information content (AvgIpc) is 3.66. The summed E-state index contributed by atoms with van der Waals surface area (Å²) >= 11 is 1.95. The Kier molecular flexibility index (Phi) is 9.88. The van der Waals surface area contributed by atoms with Crippen molar-refractivity contribution in [3.05, 3.63) is 121 Å². The van der Waals surface area contributed by atoms with Crippen molar-refractivity contribution in [2.45, 2.75) is 49.2 Å². The van der Waals surface area contributed by atoms with Crippen LogP contribution in [-0.4, -0.2) is 34.2 Å². The lowest BCUT2D eigenvalue weighted by atomic mass is 9.93. The number of alkyl halides is 3. The van der Waals surface area contributed by atoms with Crippen LogP contribution in [0.2, 0.25) is 0 Å². The summed E-state index contributed by atoms with van der Waals surface area (Å²) in [7, 11) is 1.52. The number of allylic oxidation sites excluding steroid dienone is 1. The molecule has 0 unspecified atom stereocenters. The van der Waals surface area contributed by atoms with Gasteiger partial charge in [-0.25, -0.2) is 19.8 Å². The molecule has 3 aromatic heterocycles. The summed E-state index contributed by atoms with van der Waals surface area (Å²) in [6, 6.07) is 18.9. The van der Waals surface area contributed by atoms with Gasteiger partial charge in [-0.1, -0.05) is 73.2 Å². The minimum atomic E-state index is -4.68. The molecule has 1 aliphatic rings. The summed E-state index contributed by atoms with van der Waals surface area (Å²) in [6.45, 7) is 3.82. The van der Waals surface area contributed by atoms with Gasteiger partial charge in [0.1, 0.15) is 23.2 Å². The summed E-state index contributed by atoms with van der Waals surface area (Å²) in [5.74, 6) is 0.191. The molecule has 0 saturated carbocycles. The van der Waals surface area contributed by atoms with Gasteiger partial charge >= 0.3 is 12.1 Å². The Labute approximate surface area is 286 Å². The third-order valence-corrected chi connectivity index (χ3v) is 9.23. The van der Waals surface area contributed by atoms with E-state index in [1.807, 2.05) is 6.92 Å². The Morgan fingerprint density at radius 2 is 1.82 bits per heavy atom. The highest BCUT2D eigenvalue weighted by Gasteiger charge is 2.36. The normalized spacial score (nSPS) is 14.8. The second kappa shape index (κ2) is 14.3. The van der Waals surface area contributed by atoms with Gasteiger partial charge < -0.3 is 13.9 Å². The van der Waals surface area contributed by atoms with Crippen LogP contribution in [0.1, 0.15) is 49.7 Å². The van der Waals surface area contributed by atoms with Crippen molar-refractivity contribution in [2.24, 2.45) is 4.99 Å². The van der Waals surface area contributed by atoms with Crippen molar-refractivity contribution in [2.75, 3.05) is 13.7 Å². The lowest BCUT2D eigenvalue weighted by Gasteiger charge is -2.26. The van der Waals surface area contributed by atoms with Gasteiger partial charge in [-0.05, 0) is 49.4 Å². The maximum Gasteiger partial charge on any atom is 0.433 e. The molecule has 4 heterocycles. The van der Waals surface area contributed by atoms with E-state index in [4.69, 9.17) is 18.9 Å². The molecule has 1 atom stereocenters. The summed E-state index contributed by atoms with van der Waals surface area (Å²) in [6.07, 6.45) is -1.98. The maximum atomic E-state index is 14.1. The van der Waals surface area contributed by atoms with Crippen LogP contribution in [0.3, 0.4) is 0 Å². The number of hydrogen-bond donors (Lipinski definition) is 0. The zero-order chi connectivity index (χ0) is 34.7. The smallest absolute Gasteiger partial charge is 0.433 e. The van der Waals surface area contributed by atoms with Crippen LogP contribution < -0.4 is 19.6 Å². The first-order valence-corrected chi connectivity index (χ1v) is 16.9. The number of para-hydroxylation sites is 1. The van der Waals surface area contributed by atoms with Crippen LogP contribution in [-0.2, 0) is 15.7 Å². The van der Waals surface area contributed by atoms with Crippen LogP contribution in [0, 0.1) is 0 Å². The molecule has 0 amide bonds. The molecular weight excluding hydrogens is 678 g/mol. The number of methoxy groups -OCH3 is 1. The predicted octanol–water partition coefficient (Wildman–Crippen LogP) is 6.81. The molecule has 49 heavy (non-hydrogen) atoms. The minimum absolute atomic E-state index is 0.118. The molecule has 0 bridgehead atoms. The number of carbonyl (C=O) groups excluding carboxylic acids is 1. The van der Waals surface area contributed by atoms with Crippen molar-refractivity contribution in [3.63, 3.8) is 0 Å². The second-order valence-corrected chi connectivity index (χ2v) is 12.7. The number of aromatic nitrogens is 3. The van der Waals surface area contributed by atoms with Crippen molar-refractivity contribution < 1.29 is 31.9 Å². The molecule has 0 aliphatic carbocycles. The van der Waals surface area contributed by atoms with Gasteiger partial charge in [0.2, 0.25) is 0 Å². The number of thiazole rings is 1. The van der Waals surface area contributed by atoms with Crippen LogP contribution in [0.4, 0.5) is 13.2 Å². The first-order chi connectivity index (χ1) is 23.6. The summed E-state index contributed by atoms with van der Waals surface area (Å²) in [5.41, 5.74) is 0.510. The molecule has 0 radical (unpaired) electrons. The number of esters is 1. The zero-order valence-electron chi connectivity index (χ0n) is 26.5. The van der Waals surface area contributed by atoms with Gasteiger partial charge in [-0.2, -0.15) is 13.2 Å². The third kappa shape index (κ3) is 7.10. The molecule has 252 valence electrons. The Morgan fingerprint density at radius 1 is 1.06 bits per heavy atom. The fourth-order valence-electron chi connectivity index (χ4n) is 5.37. The number of hydrogen-bond acceptors (Lipinski definition) is 10. The van der Waals surface area contributed by atoms with Gasteiger partial charge in [0.15, 0.2) is 15.1 Å². The average molecular weight is 707 g/mol. The van der Waals surface area contributed by atoms with E-state index in [-0.39, 0.29) is 38.4 Å². The Bertz CT molecular complexity index is 2230. The van der Waals surface area contributed by atoms with E-state index in [1.165, 1.54) is 17.8 Å². The van der Waals surface area contributed by atoms with Crippen molar-refractivity contribution >= 4 is 35.1 Å². The van der Waals surface area contributed by atoms with Crippen molar-refractivity contribution in [1.82, 2.24) is 14.5 Å². The Hall–Kier alpha value is -4.95. The lowest BCUT2D eigenvalue weighted by molar-refractivity contribution is -0.141. The zero-order valence-corrected chi connectivity index (χ0v) is 28.1. The molecule has 14 heteroatoms. The third-order valence-electron chi connectivity index (χ3n) is 7.46. The van der Waals surface area contributed by atoms with E-state index in [2.05, 4.69) is 9.97 Å². The fourth-order valence-corrected chi connectivity index (χ4v) is 7.11. The number of rotatable bonds is 10. The molecule has 0 spiro atoms. The number of furan rings is 1. The van der Waals surface area contributed by atoms with E-state index in [9.17, 15) is 22.8 Å². The lowest BCUT2D eigenvalue weighted by Crippen LogP contribution is -2.40. The monoisotopic (exact) mass is 706 g/mol. The number of nitrogens with zero attached hydrogens (tertiary/aromatic N) is 4. The molecule has 1 aliphatic heterocycles. The SMILES string of the molecule is CCCC1=C(C(=O)OCC)[C@H](c2ccccc2OC)n2c(s/c(=C/c3ccc(Sc4nc(-c5ccccc5)cc(C(F)(F)F)n4)o3)c2=O)=N1. The molecule has 2 aromatic carbocycles. The number of halogens is 3. The number of fused-ring (bicyclic) bond motifs is 1. The highest BCUT2D eigenvalue weighted by molar-refractivity contribution is 7.99. The standard InChI is InChI=1S/C35H29F3N4O5S2/c1-4-11-23-29(32(44)46-5-2)30(22-14-9-10-15-25(22)45-3)42-31(43)26(48-34(42)40-23)18-21-16-17-28(47-21)49-33-39-24(20-12-7-6-8-13-20)19-27(41-33)35(36,37)38/h6-10,12-19,30H,4-5,11H2,1-3H3/b26-18+/t30-/m0/s1. The van der Waals surface area contributed by atoms with Gasteiger partial charge in [-0.15, -0.1) is 0 Å². The number of benzene rings is 2. The Morgan fingerprint density at radius 3 is 2.53 bits per heavy atom. The van der Waals surface area contributed by atoms with E-state index in [1.54, 1.807) is 73.7 Å². The first kappa shape index (κ1) is 33.9. The van der Waals surface area contributed by atoms with E-state index in [0.717, 1.165) is 29.2 Å². The molecule has 9 nitrogen and oxygen atoms in total. The number of ether oxygens (including phenoxy) is 2. The summed E-state index contributed by atoms with van der Waals surface area (Å²) in [4.78, 5) is 40.7. The number of carbonyl (C=O) groups is 1. The van der Waals surface area contributed by atoms with Crippen LogP contribution in [0.5, 0.6) is 5.75 Å². The van der Waals surface area contributed by atoms with Crippen LogP contribution >= 0.6 is 23.1 Å². The van der Waals surface area contributed by atoms with Gasteiger partial charge in [0.05, 0.1) is 35.2 Å². The second-order valence-electron chi connectivity index (χ2n) is 10.7. The quantitative estimate of drug-likeness (QED) is 0.115. The maximum absolute atomic E-state index is 14.1. The Balaban J connectivity index is 1.41. The molecule has 0 N–H and O–H groups in total. The van der Waals surface area contributed by atoms with Crippen LogP contribution in [0.25, 0.3) is 17.3 Å². The van der Waals surface area contributed by atoms with Crippen molar-refractivity contribution in [3.8, 4) is 17.0 Å². The topological polar surface area (TPSA) is 109 Å². The first-order valence-electron chi connectivity index (χ1n) is 15.3. The highest BCUT2D eigenvalue weighted by atomic mass is 32.2. The van der Waals surface area contributed by atoms with E-state index in [0.29, 0.717) is 40.2 Å². The van der Waals surface area contributed by atoms with E-state index >= 15 is 0 Å². The molecule has 5 aromatic rings. The molecular formula is C35H29F3N4O5S2. The van der Waals surface area contributed by atoms with Crippen LogP contribution in [0.15, 0.2) is 109 Å². The van der Waals surface area contributed by atoms with Gasteiger partial charge in [-0.3, -0.25) is 9.36 Å². The molecule has 0 fully saturated rings. The van der Waals surface area contributed by atoms with Gasteiger partial charge in [0, 0.05) is 17.2 Å². The van der Waals surface area contributed by atoms with Crippen molar-refractivity contribution in [1.29, 1.82) is 0 Å². The predicted molar refractivity (Wildman–Crippen MR) is 178 cm³/mol. The highest BCUT2D eigenvalue weighted by Crippen LogP contribution is 2.37. The molecule has 0 saturated heterocycles. The summed E-state index contributed by atoms with van der Waals surface area (Å²) in [5, 5.41) is 0.0693. The minimum Gasteiger partial charge on any atom is -0.496 e. The fraction of sp³-hybridized carbons (Fsp3) is 0.229. The summed E-state index contributed by atoms with van der Waals surface area (Å²) < 4.78 is 59.9. The van der Waals surface area contributed by atoms with E-state index < -0.39 is 29.4 Å². The van der Waals surface area contributed by atoms with Gasteiger partial charge in [0.25, 0.3) is 5.56 Å².